The fraction of sp³-hybridized carbons (Fsp3) is 0.600. The molecule has 5 nitrogen and oxygen atoms in total. The molecule has 1 heterocycles. The van der Waals surface area contributed by atoms with Gasteiger partial charge in [0.15, 0.2) is 0 Å². The highest BCUT2D eigenvalue weighted by Crippen LogP contribution is 2.16. The van der Waals surface area contributed by atoms with Crippen molar-refractivity contribution in [3.63, 3.8) is 0 Å². The summed E-state index contributed by atoms with van der Waals surface area (Å²) in [6, 6.07) is 0. The Hall–Kier alpha value is -0.980. The van der Waals surface area contributed by atoms with Crippen molar-refractivity contribution in [1.29, 1.82) is 0 Å². The fourth-order valence-electron chi connectivity index (χ4n) is 1.38. The maximum Gasteiger partial charge on any atom is 0.100 e. The molecule has 0 spiro atoms. The van der Waals surface area contributed by atoms with Crippen LogP contribution < -0.4 is 10.0 Å². The maximum atomic E-state index is 10.7. The number of carbonyl (C=O) groups is 1. The van der Waals surface area contributed by atoms with Crippen LogP contribution in [-0.2, 0) is 6.42 Å². The Morgan fingerprint density at radius 3 is 2.75 bits per heavy atom. The molecule has 0 amide bonds. The van der Waals surface area contributed by atoms with Crippen LogP contribution in [0.15, 0.2) is 0 Å². The number of thiazole rings is 1. The summed E-state index contributed by atoms with van der Waals surface area (Å²) in [6.07, 6.45) is 0.727. The van der Waals surface area contributed by atoms with Crippen molar-refractivity contribution in [2.45, 2.75) is 13.3 Å². The number of likely N-dealkylation sites (N-methyl/N-ethyl adjacent to an activating group) is 1. The van der Waals surface area contributed by atoms with Gasteiger partial charge in [-0.15, -0.1) is 11.3 Å². The van der Waals surface area contributed by atoms with Crippen LogP contribution in [0.5, 0.6) is 0 Å². The number of carboxylic acid groups (broad SMARTS) is 1. The van der Waals surface area contributed by atoms with E-state index in [1.807, 2.05) is 7.05 Å². The highest BCUT2D eigenvalue weighted by atomic mass is 32.1. The van der Waals surface area contributed by atoms with Crippen LogP contribution in [0.25, 0.3) is 0 Å². The molecule has 6 heteroatoms. The van der Waals surface area contributed by atoms with Gasteiger partial charge in [0.1, 0.15) is 6.54 Å². The fourth-order valence-corrected chi connectivity index (χ4v) is 2.28. The highest BCUT2D eigenvalue weighted by Gasteiger charge is 2.10. The number of aryl methyl sites for hydroxylation is 1. The molecule has 0 saturated carbocycles. The molecule has 1 unspecified atom stereocenters. The Bertz CT molecular complexity index is 365. The van der Waals surface area contributed by atoms with Crippen molar-refractivity contribution >= 4 is 17.3 Å². The third-order valence-corrected chi connectivity index (χ3v) is 3.53. The quantitative estimate of drug-likeness (QED) is 0.599. The summed E-state index contributed by atoms with van der Waals surface area (Å²) in [4.78, 5) is 16.3. The number of carboxylic acids is 1. The van der Waals surface area contributed by atoms with Crippen LogP contribution in [-0.4, -0.2) is 42.8 Å². The lowest BCUT2D eigenvalue weighted by Crippen LogP contribution is -3.09. The van der Waals surface area contributed by atoms with Crippen molar-refractivity contribution in [2.24, 2.45) is 0 Å². The normalized spacial score (nSPS) is 12.7. The van der Waals surface area contributed by atoms with E-state index in [1.165, 1.54) is 16.2 Å². The molecule has 0 fully saturated rings. The van der Waals surface area contributed by atoms with Gasteiger partial charge in [0.25, 0.3) is 0 Å². The minimum absolute atomic E-state index is 0.160. The van der Waals surface area contributed by atoms with Gasteiger partial charge < -0.3 is 19.9 Å². The van der Waals surface area contributed by atoms with Crippen LogP contribution in [0.2, 0.25) is 0 Å². The summed E-state index contributed by atoms with van der Waals surface area (Å²) in [6.45, 7) is 3.36. The van der Waals surface area contributed by atoms with E-state index in [2.05, 4.69) is 4.98 Å². The van der Waals surface area contributed by atoms with Crippen molar-refractivity contribution in [3.8, 4) is 0 Å². The summed E-state index contributed by atoms with van der Waals surface area (Å²) >= 11 is 1.18. The molecule has 0 bridgehead atoms. The van der Waals surface area contributed by atoms with E-state index in [-0.39, 0.29) is 11.5 Å². The predicted octanol–water partition coefficient (Wildman–Crippen LogP) is -2.14. The number of aliphatic hydroxyl groups excluding tert-OH is 1. The second-order valence-electron chi connectivity index (χ2n) is 3.74. The second-order valence-corrected chi connectivity index (χ2v) is 4.82. The summed E-state index contributed by atoms with van der Waals surface area (Å²) in [7, 11) is 1.98. The first-order valence-electron chi connectivity index (χ1n) is 5.14. The zero-order chi connectivity index (χ0) is 12.1. The number of aromatic nitrogens is 1. The van der Waals surface area contributed by atoms with Crippen molar-refractivity contribution < 1.29 is 19.9 Å². The Labute approximate surface area is 98.4 Å². The number of hydrogen-bond acceptors (Lipinski definition) is 5. The Balaban J connectivity index is 2.55. The van der Waals surface area contributed by atoms with Gasteiger partial charge in [0, 0.05) is 6.42 Å². The van der Waals surface area contributed by atoms with E-state index in [0.717, 1.165) is 18.0 Å². The zero-order valence-electron chi connectivity index (χ0n) is 9.45. The molecule has 2 N–H and O–H groups in total. The Kier molecular flexibility index (Phi) is 4.85. The molecule has 1 aromatic heterocycles. The molecular formula is C10H16N2O3S. The van der Waals surface area contributed by atoms with E-state index in [1.54, 1.807) is 6.92 Å². The number of rotatable bonds is 6. The van der Waals surface area contributed by atoms with Crippen LogP contribution in [0.3, 0.4) is 0 Å². The summed E-state index contributed by atoms with van der Waals surface area (Å²) in [5.74, 6) is -1.16. The van der Waals surface area contributed by atoms with Crippen molar-refractivity contribution in [3.05, 3.63) is 15.6 Å². The molecule has 0 saturated heterocycles. The van der Waals surface area contributed by atoms with Crippen molar-refractivity contribution in [1.82, 2.24) is 4.98 Å². The van der Waals surface area contributed by atoms with Crippen LogP contribution in [0, 0.1) is 6.92 Å². The molecule has 0 aromatic carbocycles. The summed E-state index contributed by atoms with van der Waals surface area (Å²) in [5, 5.41) is 20.2. The topological polar surface area (TPSA) is 77.7 Å². The molecule has 90 valence electrons. The van der Waals surface area contributed by atoms with Gasteiger partial charge in [-0.1, -0.05) is 0 Å². The minimum atomic E-state index is -1.16. The highest BCUT2D eigenvalue weighted by molar-refractivity contribution is 7.13. The monoisotopic (exact) mass is 244 g/mol. The van der Waals surface area contributed by atoms with E-state index in [4.69, 9.17) is 5.11 Å². The van der Waals surface area contributed by atoms with Gasteiger partial charge in [-0.3, -0.25) is 0 Å². The van der Waals surface area contributed by atoms with E-state index in [9.17, 15) is 9.90 Å². The van der Waals surface area contributed by atoms with E-state index in [0.29, 0.717) is 12.2 Å². The van der Waals surface area contributed by atoms with Gasteiger partial charge in [-0.05, 0) is 6.92 Å². The Morgan fingerprint density at radius 2 is 2.25 bits per heavy atom. The number of nitrogens with zero attached hydrogens (tertiary/aromatic N) is 1. The SMILES string of the molecule is Cc1nc(CC[NH+](C)CCO)sc1C(=O)[O-]. The second kappa shape index (κ2) is 5.93. The lowest BCUT2D eigenvalue weighted by molar-refractivity contribution is -0.879. The summed E-state index contributed by atoms with van der Waals surface area (Å²) < 4.78 is 0. The number of quaternary nitrogens is 1. The Morgan fingerprint density at radius 1 is 1.56 bits per heavy atom. The maximum absolute atomic E-state index is 10.7. The molecule has 0 aliphatic carbocycles. The summed E-state index contributed by atoms with van der Waals surface area (Å²) in [5.41, 5.74) is 0.528. The number of hydrogen-bond donors (Lipinski definition) is 2. The standard InChI is InChI=1S/C10H16N2O3S/c1-7-9(10(14)15)16-8(11-7)3-4-12(2)5-6-13/h13H,3-6H2,1-2H3,(H,14,15). The molecule has 1 atom stereocenters. The first-order valence-corrected chi connectivity index (χ1v) is 5.96. The first kappa shape index (κ1) is 13.1. The van der Waals surface area contributed by atoms with Crippen LogP contribution in [0.4, 0.5) is 0 Å². The number of carbonyl (C=O) groups excluding carboxylic acids is 1. The molecular weight excluding hydrogens is 228 g/mol. The molecule has 1 rings (SSSR count). The number of aliphatic hydroxyl groups is 1. The molecule has 1 aromatic rings. The van der Waals surface area contributed by atoms with Crippen LogP contribution >= 0.6 is 11.3 Å². The average molecular weight is 244 g/mol. The van der Waals surface area contributed by atoms with Gasteiger partial charge in [0.05, 0.1) is 41.7 Å². The van der Waals surface area contributed by atoms with Gasteiger partial charge in [-0.25, -0.2) is 4.98 Å². The number of aromatic carboxylic acids is 1. The lowest BCUT2D eigenvalue weighted by Gasteiger charge is -2.10. The van der Waals surface area contributed by atoms with E-state index < -0.39 is 5.97 Å². The lowest BCUT2D eigenvalue weighted by atomic mass is 10.4. The van der Waals surface area contributed by atoms with Crippen molar-refractivity contribution in [2.75, 3.05) is 26.7 Å². The molecule has 0 aliphatic rings. The minimum Gasteiger partial charge on any atom is -0.544 e. The largest absolute Gasteiger partial charge is 0.544 e. The average Bonchev–Trinajstić information content (AvgIpc) is 2.57. The predicted molar refractivity (Wildman–Crippen MR) is 58.6 cm³/mol. The third-order valence-electron chi connectivity index (χ3n) is 2.33. The van der Waals surface area contributed by atoms with Gasteiger partial charge in [-0.2, -0.15) is 0 Å². The number of nitrogens with one attached hydrogen (secondary N) is 1. The molecule has 0 radical (unpaired) electrons. The van der Waals surface area contributed by atoms with Crippen LogP contribution in [0.1, 0.15) is 20.4 Å². The molecule has 16 heavy (non-hydrogen) atoms. The first-order chi connectivity index (χ1) is 7.54. The molecule has 0 aliphatic heterocycles. The van der Waals surface area contributed by atoms with Gasteiger partial charge in [0.2, 0.25) is 0 Å². The zero-order valence-corrected chi connectivity index (χ0v) is 10.3. The third kappa shape index (κ3) is 3.55. The van der Waals surface area contributed by atoms with Gasteiger partial charge >= 0.3 is 0 Å². The van der Waals surface area contributed by atoms with E-state index >= 15 is 0 Å². The smallest absolute Gasteiger partial charge is 0.100 e.